The van der Waals surface area contributed by atoms with Gasteiger partial charge in [0.25, 0.3) is 0 Å². The van der Waals surface area contributed by atoms with E-state index in [2.05, 4.69) is 32.6 Å². The van der Waals surface area contributed by atoms with Crippen LogP contribution in [0.3, 0.4) is 0 Å². The van der Waals surface area contributed by atoms with E-state index in [0.717, 1.165) is 12.8 Å². The summed E-state index contributed by atoms with van der Waals surface area (Å²) in [6.07, 6.45) is 25.1. The van der Waals surface area contributed by atoms with Gasteiger partial charge in [-0.2, -0.15) is 0 Å². The number of unbranched alkanes of at least 4 members (excludes halogenated alkanes) is 13. The van der Waals surface area contributed by atoms with Crippen molar-refractivity contribution in [1.29, 1.82) is 0 Å². The van der Waals surface area contributed by atoms with Crippen LogP contribution in [-0.4, -0.2) is 25.1 Å². The van der Waals surface area contributed by atoms with Crippen LogP contribution in [0.2, 0.25) is 19.6 Å². The lowest BCUT2D eigenvalue weighted by molar-refractivity contribution is 0.0644. The van der Waals surface area contributed by atoms with Crippen LogP contribution in [-0.2, 0) is 4.43 Å². The average Bonchev–Trinajstić information content (AvgIpc) is 2.94. The van der Waals surface area contributed by atoms with Gasteiger partial charge in [-0.25, -0.2) is 0 Å². The van der Waals surface area contributed by atoms with Crippen molar-refractivity contribution in [3.05, 3.63) is 12.2 Å². The average molecular weight is 397 g/mol. The summed E-state index contributed by atoms with van der Waals surface area (Å²) in [5.41, 5.74) is -0.180. The van der Waals surface area contributed by atoms with E-state index in [9.17, 15) is 5.11 Å². The maximum Gasteiger partial charge on any atom is 0.184 e. The van der Waals surface area contributed by atoms with E-state index < -0.39 is 8.32 Å². The Bertz CT molecular complexity index is 388. The highest BCUT2D eigenvalue weighted by atomic mass is 28.4. The van der Waals surface area contributed by atoms with Crippen LogP contribution in [0, 0.1) is 0 Å². The summed E-state index contributed by atoms with van der Waals surface area (Å²) in [5, 5.41) is 9.93. The van der Waals surface area contributed by atoms with E-state index in [1.807, 2.05) is 6.08 Å². The minimum Gasteiger partial charge on any atom is -0.409 e. The minimum absolute atomic E-state index is 0.180. The van der Waals surface area contributed by atoms with Gasteiger partial charge in [-0.1, -0.05) is 109 Å². The van der Waals surface area contributed by atoms with Gasteiger partial charge >= 0.3 is 0 Å². The van der Waals surface area contributed by atoms with Crippen molar-refractivity contribution >= 4 is 8.32 Å². The van der Waals surface area contributed by atoms with Gasteiger partial charge in [-0.3, -0.25) is 0 Å². The first-order valence-electron chi connectivity index (χ1n) is 11.9. The van der Waals surface area contributed by atoms with E-state index in [4.69, 9.17) is 4.43 Å². The second kappa shape index (κ2) is 14.0. The molecule has 160 valence electrons. The molecule has 1 rings (SSSR count). The molecular weight excluding hydrogens is 348 g/mol. The smallest absolute Gasteiger partial charge is 0.184 e. The first-order chi connectivity index (χ1) is 12.9. The lowest BCUT2D eigenvalue weighted by Gasteiger charge is -2.35. The number of aliphatic hydroxyl groups excluding tert-OH is 1. The third-order valence-corrected chi connectivity index (χ3v) is 6.66. The fraction of sp³-hybridized carbons (Fsp3) is 0.917. The zero-order valence-corrected chi connectivity index (χ0v) is 19.9. The van der Waals surface area contributed by atoms with Crippen LogP contribution in [0.5, 0.6) is 0 Å². The molecule has 0 aromatic rings. The molecule has 2 nitrogen and oxygen atoms in total. The molecule has 1 aliphatic carbocycles. The predicted octanol–water partition coefficient (Wildman–Crippen LogP) is 7.77. The highest BCUT2D eigenvalue weighted by Crippen LogP contribution is 2.35. The number of hydrogen-bond acceptors (Lipinski definition) is 2. The molecule has 0 aromatic carbocycles. The quantitative estimate of drug-likeness (QED) is 0.154. The van der Waals surface area contributed by atoms with Gasteiger partial charge in [0.05, 0.1) is 11.7 Å². The summed E-state index contributed by atoms with van der Waals surface area (Å²) in [6, 6.07) is 0. The summed E-state index contributed by atoms with van der Waals surface area (Å²) < 4.78 is 6.46. The molecule has 0 saturated carbocycles. The number of rotatable bonds is 17. The Hall–Kier alpha value is -0.123. The van der Waals surface area contributed by atoms with E-state index in [-0.39, 0.29) is 11.7 Å². The fourth-order valence-corrected chi connectivity index (χ4v) is 5.79. The predicted molar refractivity (Wildman–Crippen MR) is 122 cm³/mol. The summed E-state index contributed by atoms with van der Waals surface area (Å²) in [7, 11) is -1.59. The van der Waals surface area contributed by atoms with Gasteiger partial charge in [0.2, 0.25) is 0 Å². The Kier molecular flexibility index (Phi) is 12.9. The van der Waals surface area contributed by atoms with Crippen molar-refractivity contribution < 1.29 is 9.53 Å². The van der Waals surface area contributed by atoms with Crippen LogP contribution in [0.25, 0.3) is 0 Å². The molecule has 0 spiro atoms. The molecule has 0 unspecified atom stereocenters. The maximum absolute atomic E-state index is 9.93. The Balaban J connectivity index is 1.98. The van der Waals surface area contributed by atoms with Gasteiger partial charge in [0.15, 0.2) is 8.32 Å². The van der Waals surface area contributed by atoms with Crippen molar-refractivity contribution in [3.8, 4) is 0 Å². The van der Waals surface area contributed by atoms with Crippen LogP contribution in [0.1, 0.15) is 110 Å². The topological polar surface area (TPSA) is 29.5 Å². The molecule has 27 heavy (non-hydrogen) atoms. The van der Waals surface area contributed by atoms with Crippen LogP contribution < -0.4 is 0 Å². The SMILES string of the molecule is CCCCCCCCCCCCCCCC[C@]1(O[Si](C)(C)C)C=C[C@@H](O)C1. The van der Waals surface area contributed by atoms with Crippen LogP contribution in [0.4, 0.5) is 0 Å². The van der Waals surface area contributed by atoms with Gasteiger partial charge in [-0.15, -0.1) is 0 Å². The summed E-state index contributed by atoms with van der Waals surface area (Å²) in [4.78, 5) is 0. The van der Waals surface area contributed by atoms with E-state index >= 15 is 0 Å². The molecule has 0 fully saturated rings. The number of hydrogen-bond donors (Lipinski definition) is 1. The normalized spacial score (nSPS) is 22.6. The maximum atomic E-state index is 9.93. The molecule has 0 radical (unpaired) electrons. The lowest BCUT2D eigenvalue weighted by atomic mass is 9.94. The van der Waals surface area contributed by atoms with E-state index in [0.29, 0.717) is 0 Å². The van der Waals surface area contributed by atoms with Crippen molar-refractivity contribution in [2.75, 3.05) is 0 Å². The van der Waals surface area contributed by atoms with Gasteiger partial charge in [0, 0.05) is 6.42 Å². The van der Waals surface area contributed by atoms with Gasteiger partial charge in [-0.05, 0) is 26.1 Å². The van der Waals surface area contributed by atoms with Crippen LogP contribution in [0.15, 0.2) is 12.2 Å². The molecular formula is C24H48O2Si. The zero-order valence-electron chi connectivity index (χ0n) is 18.9. The second-order valence-electron chi connectivity index (χ2n) is 9.76. The van der Waals surface area contributed by atoms with E-state index in [1.54, 1.807) is 0 Å². The molecule has 0 amide bonds. The molecule has 1 N–H and O–H groups in total. The fourth-order valence-electron chi connectivity index (χ4n) is 4.32. The Morgan fingerprint density at radius 1 is 0.815 bits per heavy atom. The minimum atomic E-state index is -1.59. The molecule has 0 aromatic heterocycles. The highest BCUT2D eigenvalue weighted by molar-refractivity contribution is 6.69. The molecule has 3 heteroatoms. The molecule has 0 aliphatic heterocycles. The standard InChI is InChI=1S/C24H48O2Si/c1-5-6-7-8-9-10-11-12-13-14-15-16-17-18-20-24(26-27(2,3)4)21-19-23(25)22-24/h19,21,23,25H,5-18,20,22H2,1-4H3/t23-,24+/m1/s1. The van der Waals surface area contributed by atoms with Crippen LogP contribution >= 0.6 is 0 Å². The largest absolute Gasteiger partial charge is 0.409 e. The first kappa shape index (κ1) is 24.9. The Labute approximate surface area is 171 Å². The molecule has 1 aliphatic rings. The van der Waals surface area contributed by atoms with Gasteiger partial charge < -0.3 is 9.53 Å². The third-order valence-electron chi connectivity index (χ3n) is 5.64. The third kappa shape index (κ3) is 12.9. The summed E-state index contributed by atoms with van der Waals surface area (Å²) in [5.74, 6) is 0. The Morgan fingerprint density at radius 2 is 1.26 bits per heavy atom. The molecule has 2 atom stereocenters. The molecule has 0 bridgehead atoms. The first-order valence-corrected chi connectivity index (χ1v) is 15.4. The zero-order chi connectivity index (χ0) is 20.0. The van der Waals surface area contributed by atoms with E-state index in [1.165, 1.54) is 89.9 Å². The summed E-state index contributed by atoms with van der Waals surface area (Å²) >= 11 is 0. The monoisotopic (exact) mass is 396 g/mol. The van der Waals surface area contributed by atoms with Crippen molar-refractivity contribution in [3.63, 3.8) is 0 Å². The van der Waals surface area contributed by atoms with Gasteiger partial charge in [0.1, 0.15) is 0 Å². The summed E-state index contributed by atoms with van der Waals surface area (Å²) in [6.45, 7) is 9.03. The second-order valence-corrected chi connectivity index (χ2v) is 14.2. The van der Waals surface area contributed by atoms with Crippen molar-refractivity contribution in [2.24, 2.45) is 0 Å². The highest BCUT2D eigenvalue weighted by Gasteiger charge is 2.38. The molecule has 0 heterocycles. The van der Waals surface area contributed by atoms with Crippen molar-refractivity contribution in [1.82, 2.24) is 0 Å². The number of aliphatic hydroxyl groups is 1. The lowest BCUT2D eigenvalue weighted by Crippen LogP contribution is -2.41. The Morgan fingerprint density at radius 3 is 1.63 bits per heavy atom. The molecule has 0 saturated heterocycles. The van der Waals surface area contributed by atoms with Crippen molar-refractivity contribution in [2.45, 2.75) is 141 Å².